The van der Waals surface area contributed by atoms with Crippen molar-refractivity contribution in [3.05, 3.63) is 97.4 Å². The molecule has 2 aromatic heterocycles. The molecule has 164 valence electrons. The van der Waals surface area contributed by atoms with Crippen LogP contribution in [0, 0.1) is 3.57 Å². The van der Waals surface area contributed by atoms with Crippen molar-refractivity contribution in [2.24, 2.45) is 5.73 Å². The summed E-state index contributed by atoms with van der Waals surface area (Å²) < 4.78 is 2.18. The molecule has 0 fully saturated rings. The van der Waals surface area contributed by atoms with Crippen LogP contribution in [0.2, 0.25) is 5.02 Å². The largest absolute Gasteiger partial charge is 0.348 e. The number of benzene rings is 3. The summed E-state index contributed by atoms with van der Waals surface area (Å²) in [6.45, 7) is 0.934. The predicted molar refractivity (Wildman–Crippen MR) is 146 cm³/mol. The lowest BCUT2D eigenvalue weighted by Crippen LogP contribution is -2.23. The number of aromatic nitrogens is 1. The zero-order valence-corrected chi connectivity index (χ0v) is 21.2. The fourth-order valence-corrected chi connectivity index (χ4v) is 5.39. The second-order valence-electron chi connectivity index (χ2n) is 7.71. The molecule has 2 heterocycles. The number of thiophene rings is 1. The van der Waals surface area contributed by atoms with Gasteiger partial charge in [0.2, 0.25) is 0 Å². The van der Waals surface area contributed by atoms with Crippen molar-refractivity contribution < 1.29 is 4.79 Å². The molecule has 33 heavy (non-hydrogen) atoms. The molecule has 0 radical (unpaired) electrons. The first-order chi connectivity index (χ1) is 16.0. The summed E-state index contributed by atoms with van der Waals surface area (Å²) in [4.78, 5) is 18.2. The van der Waals surface area contributed by atoms with Gasteiger partial charge in [-0.15, -0.1) is 11.3 Å². The van der Waals surface area contributed by atoms with Crippen molar-refractivity contribution in [2.75, 3.05) is 0 Å². The lowest BCUT2D eigenvalue weighted by Gasteiger charge is -2.11. The van der Waals surface area contributed by atoms with Crippen molar-refractivity contribution in [3.63, 3.8) is 0 Å². The highest BCUT2D eigenvalue weighted by Crippen LogP contribution is 2.36. The van der Waals surface area contributed by atoms with Gasteiger partial charge in [0.05, 0.1) is 16.8 Å². The fourth-order valence-electron chi connectivity index (χ4n) is 3.79. The van der Waals surface area contributed by atoms with Gasteiger partial charge < -0.3 is 11.1 Å². The van der Waals surface area contributed by atoms with E-state index in [1.54, 1.807) is 11.3 Å². The molecule has 5 aromatic rings. The minimum Gasteiger partial charge on any atom is -0.348 e. The van der Waals surface area contributed by atoms with Gasteiger partial charge in [-0.3, -0.25) is 4.79 Å². The van der Waals surface area contributed by atoms with Crippen molar-refractivity contribution in [2.45, 2.75) is 13.1 Å². The van der Waals surface area contributed by atoms with E-state index in [0.717, 1.165) is 46.9 Å². The smallest absolute Gasteiger partial charge is 0.252 e. The molecule has 0 aliphatic rings. The average molecular weight is 584 g/mol. The molecule has 3 aromatic carbocycles. The number of rotatable bonds is 5. The van der Waals surface area contributed by atoms with E-state index < -0.39 is 0 Å². The van der Waals surface area contributed by atoms with Crippen LogP contribution in [0.4, 0.5) is 0 Å². The number of nitrogens with two attached hydrogens (primary N) is 1. The Bertz CT molecular complexity index is 1500. The Kier molecular flexibility index (Phi) is 6.34. The van der Waals surface area contributed by atoms with Crippen molar-refractivity contribution >= 4 is 72.4 Å². The lowest BCUT2D eigenvalue weighted by atomic mass is 10.0. The van der Waals surface area contributed by atoms with Crippen molar-refractivity contribution in [1.29, 1.82) is 0 Å². The molecule has 0 spiro atoms. The number of hydrogen-bond acceptors (Lipinski definition) is 4. The molecule has 0 aliphatic carbocycles. The molecule has 0 atom stereocenters. The molecule has 7 heteroatoms. The van der Waals surface area contributed by atoms with Crippen LogP contribution in [0.1, 0.15) is 21.5 Å². The van der Waals surface area contributed by atoms with Crippen molar-refractivity contribution in [3.8, 4) is 11.3 Å². The molecule has 1 amide bonds. The number of fused-ring (bicyclic) bond motifs is 2. The molecule has 4 nitrogen and oxygen atoms in total. The Labute approximate surface area is 213 Å². The van der Waals surface area contributed by atoms with Crippen LogP contribution >= 0.6 is 45.5 Å². The number of carbonyl (C=O) groups is 1. The normalized spacial score (nSPS) is 11.2. The maximum absolute atomic E-state index is 13.3. The van der Waals surface area contributed by atoms with Crippen molar-refractivity contribution in [1.82, 2.24) is 10.3 Å². The molecule has 3 N–H and O–H groups in total. The van der Waals surface area contributed by atoms with E-state index in [2.05, 4.69) is 33.3 Å². The summed E-state index contributed by atoms with van der Waals surface area (Å²) in [6, 6.07) is 21.6. The van der Waals surface area contributed by atoms with Gasteiger partial charge in [-0.25, -0.2) is 4.98 Å². The molecule has 0 saturated heterocycles. The standard InChI is InChI=1S/C26H19ClIN3OS/c27-17-5-8-25-20(9-17)22(14-33-25)24-11-21(19-10-18(28)6-7-23(19)31-24)26(32)30-13-16-3-1-15(12-29)2-4-16/h1-11,14H,12-13,29H2,(H,30,32). The second-order valence-corrected chi connectivity index (χ2v) is 10.3. The van der Waals surface area contributed by atoms with Crippen LogP contribution in [0.25, 0.3) is 32.2 Å². The zero-order chi connectivity index (χ0) is 22.9. The fraction of sp³-hybridized carbons (Fsp3) is 0.0769. The minimum absolute atomic E-state index is 0.133. The number of nitrogens with one attached hydrogen (secondary N) is 1. The highest BCUT2D eigenvalue weighted by atomic mass is 127. The third kappa shape index (κ3) is 4.61. The molecule has 0 saturated carbocycles. The van der Waals surface area contributed by atoms with E-state index in [4.69, 9.17) is 22.3 Å². The van der Waals surface area contributed by atoms with Gasteiger partial charge in [-0.05, 0) is 76.2 Å². The third-order valence-corrected chi connectivity index (χ3v) is 7.41. The molecule has 5 rings (SSSR count). The first-order valence-electron chi connectivity index (χ1n) is 10.4. The molecular weight excluding hydrogens is 565 g/mol. The van der Waals surface area contributed by atoms with Crippen LogP contribution in [0.3, 0.4) is 0 Å². The van der Waals surface area contributed by atoms with Crippen LogP contribution in [-0.4, -0.2) is 10.9 Å². The Morgan fingerprint density at radius 2 is 1.79 bits per heavy atom. The highest BCUT2D eigenvalue weighted by Gasteiger charge is 2.16. The SMILES string of the molecule is NCc1ccc(CNC(=O)c2cc(-c3csc4ccc(Cl)cc34)nc3ccc(I)cc23)cc1. The Morgan fingerprint density at radius 1 is 1.00 bits per heavy atom. The molecule has 0 unspecified atom stereocenters. The van der Waals surface area contributed by atoms with Gasteiger partial charge >= 0.3 is 0 Å². The number of carbonyl (C=O) groups excluding carboxylic acids is 1. The summed E-state index contributed by atoms with van der Waals surface area (Å²) in [6.07, 6.45) is 0. The van der Waals surface area contributed by atoms with Crippen LogP contribution in [0.5, 0.6) is 0 Å². The summed E-state index contributed by atoms with van der Waals surface area (Å²) >= 11 is 10.2. The van der Waals surface area contributed by atoms with Gasteiger partial charge in [0.25, 0.3) is 5.91 Å². The number of nitrogens with zero attached hydrogens (tertiary/aromatic N) is 1. The van der Waals surface area contributed by atoms with E-state index in [1.165, 1.54) is 0 Å². The van der Waals surface area contributed by atoms with E-state index in [9.17, 15) is 4.79 Å². The lowest BCUT2D eigenvalue weighted by molar-refractivity contribution is 0.0952. The second kappa shape index (κ2) is 9.38. The van der Waals surface area contributed by atoms with E-state index in [-0.39, 0.29) is 5.91 Å². The van der Waals surface area contributed by atoms with E-state index >= 15 is 0 Å². The Balaban J connectivity index is 1.55. The van der Waals surface area contributed by atoms with Gasteiger partial charge in [-0.2, -0.15) is 0 Å². The van der Waals surface area contributed by atoms with Gasteiger partial charge in [0, 0.05) is 48.1 Å². The topological polar surface area (TPSA) is 68.0 Å². The first kappa shape index (κ1) is 22.3. The Hall–Kier alpha value is -2.52. The predicted octanol–water partition coefficient (Wildman–Crippen LogP) is 6.76. The zero-order valence-electron chi connectivity index (χ0n) is 17.4. The van der Waals surface area contributed by atoms with Gasteiger partial charge in [0.1, 0.15) is 0 Å². The number of pyridine rings is 1. The summed E-state index contributed by atoms with van der Waals surface area (Å²) in [5.41, 5.74) is 10.9. The molecule has 0 bridgehead atoms. The quantitative estimate of drug-likeness (QED) is 0.225. The third-order valence-electron chi connectivity index (χ3n) is 5.54. The first-order valence-corrected chi connectivity index (χ1v) is 12.7. The van der Waals surface area contributed by atoms with Crippen LogP contribution in [-0.2, 0) is 13.1 Å². The number of amides is 1. The van der Waals surface area contributed by atoms with Crippen LogP contribution in [0.15, 0.2) is 72.1 Å². The van der Waals surface area contributed by atoms with E-state index in [0.29, 0.717) is 23.7 Å². The molecular formula is C26H19ClIN3OS. The van der Waals surface area contributed by atoms with Crippen LogP contribution < -0.4 is 11.1 Å². The van der Waals surface area contributed by atoms with E-state index in [1.807, 2.05) is 66.7 Å². The maximum Gasteiger partial charge on any atom is 0.252 e. The number of hydrogen-bond donors (Lipinski definition) is 2. The average Bonchev–Trinajstić information content (AvgIpc) is 3.25. The number of halogens is 2. The minimum atomic E-state index is -0.133. The van der Waals surface area contributed by atoms with Gasteiger partial charge in [0.15, 0.2) is 0 Å². The summed E-state index contributed by atoms with van der Waals surface area (Å²) in [5.74, 6) is -0.133. The monoisotopic (exact) mass is 583 g/mol. The highest BCUT2D eigenvalue weighted by molar-refractivity contribution is 14.1. The molecule has 0 aliphatic heterocycles. The summed E-state index contributed by atoms with van der Waals surface area (Å²) in [7, 11) is 0. The summed E-state index contributed by atoms with van der Waals surface area (Å²) in [5, 5.41) is 7.68. The Morgan fingerprint density at radius 3 is 2.58 bits per heavy atom. The maximum atomic E-state index is 13.3. The van der Waals surface area contributed by atoms with Gasteiger partial charge in [-0.1, -0.05) is 35.9 Å².